The summed E-state index contributed by atoms with van der Waals surface area (Å²) in [6.07, 6.45) is 2.74. The molecule has 0 bridgehead atoms. The zero-order chi connectivity index (χ0) is 14.5. The summed E-state index contributed by atoms with van der Waals surface area (Å²) in [7, 11) is -0.317. The first kappa shape index (κ1) is 14.0. The van der Waals surface area contributed by atoms with E-state index < -0.39 is 0 Å². The zero-order valence-electron chi connectivity index (χ0n) is 13.0. The average molecular weight is 274 g/mol. The van der Waals surface area contributed by atoms with Gasteiger partial charge in [0.2, 0.25) is 0 Å². The number of rotatable bonds is 3. The van der Waals surface area contributed by atoms with E-state index in [-0.39, 0.29) is 18.3 Å². The molecule has 0 amide bonds. The Bertz CT molecular complexity index is 504. The topological polar surface area (TPSA) is 27.7 Å². The highest BCUT2D eigenvalue weighted by atomic mass is 16.7. The molecule has 0 aromatic heterocycles. The van der Waals surface area contributed by atoms with Crippen LogP contribution in [0.4, 0.5) is 0 Å². The summed E-state index contributed by atoms with van der Waals surface area (Å²) in [6, 6.07) is 6.12. The Balaban J connectivity index is 1.87. The van der Waals surface area contributed by atoms with Crippen LogP contribution < -0.4 is 10.2 Å². The van der Waals surface area contributed by atoms with Crippen LogP contribution >= 0.6 is 0 Å². The first-order chi connectivity index (χ1) is 9.30. The van der Waals surface area contributed by atoms with Crippen LogP contribution in [0.5, 0.6) is 5.75 Å². The van der Waals surface area contributed by atoms with Crippen molar-refractivity contribution < 1.29 is 14.0 Å². The van der Waals surface area contributed by atoms with Gasteiger partial charge >= 0.3 is 7.12 Å². The van der Waals surface area contributed by atoms with Gasteiger partial charge in [-0.2, -0.15) is 0 Å². The molecule has 3 nitrogen and oxygen atoms in total. The standard InChI is InChI=1S/C16H23BO3/c1-11-13(7-6-8-14(11)18-12-9-10-12)17-19-15(2,3)16(4,5)20-17/h6-8,12H,9-10H2,1-5H3. The minimum atomic E-state index is -0.317. The fourth-order valence-corrected chi connectivity index (χ4v) is 2.35. The minimum Gasteiger partial charge on any atom is -0.490 e. The first-order valence-electron chi connectivity index (χ1n) is 7.42. The van der Waals surface area contributed by atoms with Crippen LogP contribution in [0.25, 0.3) is 0 Å². The van der Waals surface area contributed by atoms with Gasteiger partial charge in [-0.15, -0.1) is 0 Å². The molecule has 0 N–H and O–H groups in total. The Morgan fingerprint density at radius 1 is 1.10 bits per heavy atom. The molecule has 1 aromatic rings. The monoisotopic (exact) mass is 274 g/mol. The Morgan fingerprint density at radius 2 is 1.70 bits per heavy atom. The molecule has 0 radical (unpaired) electrons. The van der Waals surface area contributed by atoms with Gasteiger partial charge in [-0.3, -0.25) is 0 Å². The fourth-order valence-electron chi connectivity index (χ4n) is 2.35. The molecule has 0 atom stereocenters. The Labute approximate surface area is 121 Å². The molecule has 20 heavy (non-hydrogen) atoms. The van der Waals surface area contributed by atoms with Gasteiger partial charge in [0, 0.05) is 0 Å². The summed E-state index contributed by atoms with van der Waals surface area (Å²) in [5, 5.41) is 0. The molecule has 2 fully saturated rings. The maximum Gasteiger partial charge on any atom is 0.495 e. The van der Waals surface area contributed by atoms with Crippen molar-refractivity contribution in [2.24, 2.45) is 0 Å². The number of ether oxygens (including phenoxy) is 1. The summed E-state index contributed by atoms with van der Waals surface area (Å²) >= 11 is 0. The second-order valence-electron chi connectivity index (χ2n) is 6.88. The van der Waals surface area contributed by atoms with E-state index in [0.29, 0.717) is 6.10 Å². The van der Waals surface area contributed by atoms with Gasteiger partial charge in [-0.1, -0.05) is 12.1 Å². The van der Waals surface area contributed by atoms with Crippen LogP contribution in [-0.4, -0.2) is 24.4 Å². The van der Waals surface area contributed by atoms with E-state index in [1.807, 2.05) is 12.1 Å². The van der Waals surface area contributed by atoms with E-state index >= 15 is 0 Å². The van der Waals surface area contributed by atoms with Gasteiger partial charge < -0.3 is 14.0 Å². The molecule has 1 saturated heterocycles. The van der Waals surface area contributed by atoms with Crippen LogP contribution in [0.3, 0.4) is 0 Å². The molecule has 3 rings (SSSR count). The van der Waals surface area contributed by atoms with Gasteiger partial charge in [0.25, 0.3) is 0 Å². The van der Waals surface area contributed by atoms with E-state index in [9.17, 15) is 0 Å². The van der Waals surface area contributed by atoms with E-state index in [1.54, 1.807) is 0 Å². The van der Waals surface area contributed by atoms with Crippen molar-refractivity contribution in [1.82, 2.24) is 0 Å². The van der Waals surface area contributed by atoms with Crippen LogP contribution in [-0.2, 0) is 9.31 Å². The third-order valence-corrected chi connectivity index (χ3v) is 4.65. The molecule has 4 heteroatoms. The Hall–Kier alpha value is -0.995. The predicted molar refractivity (Wildman–Crippen MR) is 80.5 cm³/mol. The molecular formula is C16H23BO3. The predicted octanol–water partition coefficient (Wildman–Crippen LogP) is 2.84. The summed E-state index contributed by atoms with van der Waals surface area (Å²) in [5.41, 5.74) is 1.58. The lowest BCUT2D eigenvalue weighted by Gasteiger charge is -2.32. The van der Waals surface area contributed by atoms with Gasteiger partial charge in [0.15, 0.2) is 0 Å². The molecule has 2 aliphatic rings. The van der Waals surface area contributed by atoms with Crippen LogP contribution in [0.15, 0.2) is 18.2 Å². The highest BCUT2D eigenvalue weighted by Crippen LogP contribution is 2.37. The average Bonchev–Trinajstić information content (AvgIpc) is 3.10. The quantitative estimate of drug-likeness (QED) is 0.793. The van der Waals surface area contributed by atoms with E-state index in [0.717, 1.165) is 16.8 Å². The fraction of sp³-hybridized carbons (Fsp3) is 0.625. The van der Waals surface area contributed by atoms with Gasteiger partial charge in [0.05, 0.1) is 17.3 Å². The van der Waals surface area contributed by atoms with Crippen molar-refractivity contribution in [3.63, 3.8) is 0 Å². The Morgan fingerprint density at radius 3 is 2.25 bits per heavy atom. The second kappa shape index (κ2) is 4.50. The highest BCUT2D eigenvalue weighted by molar-refractivity contribution is 6.62. The highest BCUT2D eigenvalue weighted by Gasteiger charge is 2.52. The van der Waals surface area contributed by atoms with Crippen molar-refractivity contribution >= 4 is 12.6 Å². The van der Waals surface area contributed by atoms with Crippen LogP contribution in [0.1, 0.15) is 46.1 Å². The van der Waals surface area contributed by atoms with Crippen molar-refractivity contribution in [3.8, 4) is 5.75 Å². The van der Waals surface area contributed by atoms with E-state index in [2.05, 4.69) is 40.7 Å². The molecular weight excluding hydrogens is 251 g/mol. The van der Waals surface area contributed by atoms with Crippen LogP contribution in [0, 0.1) is 6.92 Å². The molecule has 0 unspecified atom stereocenters. The van der Waals surface area contributed by atoms with Crippen molar-refractivity contribution in [2.75, 3.05) is 0 Å². The molecule has 1 aromatic carbocycles. The maximum atomic E-state index is 6.13. The SMILES string of the molecule is Cc1c(OC2CC2)cccc1B1OC(C)(C)C(C)(C)O1. The van der Waals surface area contributed by atoms with E-state index in [1.165, 1.54) is 12.8 Å². The lowest BCUT2D eigenvalue weighted by Crippen LogP contribution is -2.41. The molecule has 1 heterocycles. The number of hydrogen-bond donors (Lipinski definition) is 0. The summed E-state index contributed by atoms with van der Waals surface area (Å²) < 4.78 is 18.2. The molecule has 1 aliphatic heterocycles. The summed E-state index contributed by atoms with van der Waals surface area (Å²) in [4.78, 5) is 0. The normalized spacial score (nSPS) is 23.9. The smallest absolute Gasteiger partial charge is 0.490 e. The van der Waals surface area contributed by atoms with Crippen molar-refractivity contribution in [2.45, 2.75) is 64.8 Å². The largest absolute Gasteiger partial charge is 0.495 e. The number of benzene rings is 1. The van der Waals surface area contributed by atoms with Gasteiger partial charge in [0.1, 0.15) is 5.75 Å². The lowest BCUT2D eigenvalue weighted by molar-refractivity contribution is 0.00578. The Kier molecular flexibility index (Phi) is 3.14. The lowest BCUT2D eigenvalue weighted by atomic mass is 9.76. The third kappa shape index (κ3) is 2.36. The minimum absolute atomic E-state index is 0.308. The summed E-state index contributed by atoms with van der Waals surface area (Å²) in [6.45, 7) is 10.4. The molecule has 108 valence electrons. The number of hydrogen-bond acceptors (Lipinski definition) is 3. The van der Waals surface area contributed by atoms with Gasteiger partial charge in [-0.05, 0) is 64.6 Å². The molecule has 1 aliphatic carbocycles. The molecule has 0 spiro atoms. The van der Waals surface area contributed by atoms with Crippen molar-refractivity contribution in [3.05, 3.63) is 23.8 Å². The maximum absolute atomic E-state index is 6.13. The van der Waals surface area contributed by atoms with Crippen molar-refractivity contribution in [1.29, 1.82) is 0 Å². The first-order valence-corrected chi connectivity index (χ1v) is 7.42. The zero-order valence-corrected chi connectivity index (χ0v) is 13.0. The van der Waals surface area contributed by atoms with Gasteiger partial charge in [-0.25, -0.2) is 0 Å². The van der Waals surface area contributed by atoms with E-state index in [4.69, 9.17) is 14.0 Å². The summed E-state index contributed by atoms with van der Waals surface area (Å²) in [5.74, 6) is 0.958. The second-order valence-corrected chi connectivity index (χ2v) is 6.88. The van der Waals surface area contributed by atoms with Crippen LogP contribution in [0.2, 0.25) is 0 Å². The third-order valence-electron chi connectivity index (χ3n) is 4.65. The molecule has 1 saturated carbocycles.